The van der Waals surface area contributed by atoms with Gasteiger partial charge in [0, 0.05) is 12.1 Å². The Morgan fingerprint density at radius 2 is 1.62 bits per heavy atom. The van der Waals surface area contributed by atoms with E-state index in [1.807, 2.05) is 0 Å². The summed E-state index contributed by atoms with van der Waals surface area (Å²) < 4.78 is 0. The normalized spacial score (nSPS) is 30.3. The van der Waals surface area contributed by atoms with Gasteiger partial charge < -0.3 is 5.32 Å². The Morgan fingerprint density at radius 1 is 0.952 bits per heavy atom. The molecule has 2 unspecified atom stereocenters. The molecule has 0 aromatic carbocycles. The third kappa shape index (κ3) is 4.96. The zero-order valence-corrected chi connectivity index (χ0v) is 15.0. The van der Waals surface area contributed by atoms with Crippen molar-refractivity contribution in [3.05, 3.63) is 0 Å². The first-order valence-electron chi connectivity index (χ1n) is 9.49. The lowest BCUT2D eigenvalue weighted by Gasteiger charge is -2.44. The molecule has 2 heteroatoms. The molecule has 0 bridgehead atoms. The molecule has 1 N–H and O–H groups in total. The van der Waals surface area contributed by atoms with Gasteiger partial charge in [-0.05, 0) is 63.1 Å². The van der Waals surface area contributed by atoms with Crippen LogP contribution in [0.4, 0.5) is 0 Å². The van der Waals surface area contributed by atoms with E-state index >= 15 is 0 Å². The molecule has 2 atom stereocenters. The first-order chi connectivity index (χ1) is 10.0. The van der Waals surface area contributed by atoms with Crippen LogP contribution in [0.5, 0.6) is 0 Å². The maximum absolute atomic E-state index is 3.86. The van der Waals surface area contributed by atoms with E-state index in [4.69, 9.17) is 0 Å². The van der Waals surface area contributed by atoms with E-state index in [2.05, 4.69) is 37.9 Å². The van der Waals surface area contributed by atoms with Crippen molar-refractivity contribution < 1.29 is 0 Å². The molecule has 2 rings (SSSR count). The van der Waals surface area contributed by atoms with E-state index < -0.39 is 0 Å². The van der Waals surface area contributed by atoms with Crippen LogP contribution in [0.3, 0.4) is 0 Å². The molecule has 124 valence electrons. The highest BCUT2D eigenvalue weighted by atomic mass is 15.2. The maximum Gasteiger partial charge on any atom is 0.0249 e. The highest BCUT2D eigenvalue weighted by Crippen LogP contribution is 2.36. The van der Waals surface area contributed by atoms with Crippen molar-refractivity contribution in [2.75, 3.05) is 19.6 Å². The van der Waals surface area contributed by atoms with Crippen molar-refractivity contribution in [2.24, 2.45) is 11.3 Å². The van der Waals surface area contributed by atoms with Gasteiger partial charge in [-0.3, -0.25) is 4.90 Å². The average Bonchev–Trinajstić information content (AvgIpc) is 2.69. The molecule has 1 heterocycles. The summed E-state index contributed by atoms with van der Waals surface area (Å²) in [5.41, 5.74) is 0.495. The molecule has 0 aromatic rings. The predicted octanol–water partition coefficient (Wildman–Crippen LogP) is 4.45. The molecule has 0 aromatic heterocycles. The van der Waals surface area contributed by atoms with Gasteiger partial charge in [-0.1, -0.05) is 47.0 Å². The first kappa shape index (κ1) is 17.3. The van der Waals surface area contributed by atoms with Crippen LogP contribution >= 0.6 is 0 Å². The molecule has 1 saturated carbocycles. The Balaban J connectivity index is 1.91. The third-order valence-corrected chi connectivity index (χ3v) is 5.86. The molecule has 0 radical (unpaired) electrons. The average molecular weight is 295 g/mol. The van der Waals surface area contributed by atoms with Crippen LogP contribution in [0.2, 0.25) is 0 Å². The summed E-state index contributed by atoms with van der Waals surface area (Å²) in [7, 11) is 0. The van der Waals surface area contributed by atoms with Crippen LogP contribution in [0.25, 0.3) is 0 Å². The summed E-state index contributed by atoms with van der Waals surface area (Å²) in [5.74, 6) is 0.918. The van der Waals surface area contributed by atoms with Gasteiger partial charge in [0.15, 0.2) is 0 Å². The van der Waals surface area contributed by atoms with Gasteiger partial charge in [0.2, 0.25) is 0 Å². The minimum atomic E-state index is 0.495. The zero-order valence-electron chi connectivity index (χ0n) is 15.0. The number of piperidine rings is 1. The van der Waals surface area contributed by atoms with E-state index in [-0.39, 0.29) is 0 Å². The molecule has 1 aliphatic carbocycles. The van der Waals surface area contributed by atoms with Crippen molar-refractivity contribution in [1.29, 1.82) is 0 Å². The van der Waals surface area contributed by atoms with Crippen LogP contribution < -0.4 is 5.32 Å². The number of hydrogen-bond donors (Lipinski definition) is 1. The van der Waals surface area contributed by atoms with Crippen LogP contribution in [0, 0.1) is 11.3 Å². The lowest BCUT2D eigenvalue weighted by Crippen LogP contribution is -2.52. The molecular weight excluding hydrogens is 256 g/mol. The van der Waals surface area contributed by atoms with Crippen LogP contribution in [0.1, 0.15) is 79.1 Å². The van der Waals surface area contributed by atoms with E-state index in [0.717, 1.165) is 18.0 Å². The number of hydrogen-bond acceptors (Lipinski definition) is 2. The minimum Gasteiger partial charge on any atom is -0.312 e. The van der Waals surface area contributed by atoms with Crippen molar-refractivity contribution in [3.63, 3.8) is 0 Å². The molecule has 2 fully saturated rings. The number of rotatable bonds is 4. The van der Waals surface area contributed by atoms with E-state index in [1.54, 1.807) is 0 Å². The SMILES string of the molecule is CCCNC1CCCCCC1N1CCC(C(C)(C)C)CC1. The summed E-state index contributed by atoms with van der Waals surface area (Å²) in [6.45, 7) is 13.4. The molecule has 0 amide bonds. The van der Waals surface area contributed by atoms with Crippen LogP contribution in [-0.2, 0) is 0 Å². The predicted molar refractivity (Wildman–Crippen MR) is 92.7 cm³/mol. The lowest BCUT2D eigenvalue weighted by molar-refractivity contribution is 0.0648. The van der Waals surface area contributed by atoms with Crippen LogP contribution in [0.15, 0.2) is 0 Å². The summed E-state index contributed by atoms with van der Waals surface area (Å²) in [5, 5.41) is 3.86. The Morgan fingerprint density at radius 3 is 2.24 bits per heavy atom. The topological polar surface area (TPSA) is 15.3 Å². The van der Waals surface area contributed by atoms with E-state index in [9.17, 15) is 0 Å². The number of likely N-dealkylation sites (tertiary alicyclic amines) is 1. The summed E-state index contributed by atoms with van der Waals surface area (Å²) in [4.78, 5) is 2.83. The van der Waals surface area contributed by atoms with Gasteiger partial charge in [0.1, 0.15) is 0 Å². The fraction of sp³-hybridized carbons (Fsp3) is 1.00. The summed E-state index contributed by atoms with van der Waals surface area (Å²) in [6, 6.07) is 1.55. The Kier molecular flexibility index (Phi) is 6.55. The minimum absolute atomic E-state index is 0.495. The standard InChI is InChI=1S/C19H38N2/c1-5-13-20-17-9-7-6-8-10-18(17)21-14-11-16(12-15-21)19(2,3)4/h16-18,20H,5-15H2,1-4H3. The second kappa shape index (κ2) is 7.97. The number of nitrogens with one attached hydrogen (secondary N) is 1. The van der Waals surface area contributed by atoms with Crippen LogP contribution in [-0.4, -0.2) is 36.6 Å². The molecular formula is C19H38N2. The van der Waals surface area contributed by atoms with E-state index in [1.165, 1.54) is 71.0 Å². The Hall–Kier alpha value is -0.0800. The van der Waals surface area contributed by atoms with Crippen molar-refractivity contribution in [1.82, 2.24) is 10.2 Å². The maximum atomic E-state index is 3.86. The van der Waals surface area contributed by atoms with Crippen molar-refractivity contribution in [3.8, 4) is 0 Å². The summed E-state index contributed by atoms with van der Waals surface area (Å²) >= 11 is 0. The van der Waals surface area contributed by atoms with Crippen molar-refractivity contribution >= 4 is 0 Å². The highest BCUT2D eigenvalue weighted by molar-refractivity contribution is 4.90. The third-order valence-electron chi connectivity index (χ3n) is 5.86. The van der Waals surface area contributed by atoms with Gasteiger partial charge >= 0.3 is 0 Å². The zero-order chi connectivity index (χ0) is 15.3. The molecule has 0 spiro atoms. The van der Waals surface area contributed by atoms with E-state index in [0.29, 0.717) is 5.41 Å². The van der Waals surface area contributed by atoms with Gasteiger partial charge in [0.05, 0.1) is 0 Å². The second-order valence-electron chi connectivity index (χ2n) is 8.44. The fourth-order valence-corrected chi connectivity index (χ4v) is 4.39. The molecule has 2 aliphatic rings. The van der Waals surface area contributed by atoms with Crippen molar-refractivity contribution in [2.45, 2.75) is 91.1 Å². The largest absolute Gasteiger partial charge is 0.312 e. The van der Waals surface area contributed by atoms with Gasteiger partial charge in [-0.25, -0.2) is 0 Å². The number of nitrogens with zero attached hydrogens (tertiary/aromatic N) is 1. The molecule has 1 saturated heterocycles. The summed E-state index contributed by atoms with van der Waals surface area (Å²) in [6.07, 6.45) is 11.2. The Bertz CT molecular complexity index is 286. The first-order valence-corrected chi connectivity index (χ1v) is 9.49. The Labute approximate surface area is 133 Å². The quantitative estimate of drug-likeness (QED) is 0.771. The fourth-order valence-electron chi connectivity index (χ4n) is 4.39. The highest BCUT2D eigenvalue weighted by Gasteiger charge is 2.34. The second-order valence-corrected chi connectivity index (χ2v) is 8.44. The molecule has 2 nitrogen and oxygen atoms in total. The smallest absolute Gasteiger partial charge is 0.0249 e. The molecule has 21 heavy (non-hydrogen) atoms. The van der Waals surface area contributed by atoms with Gasteiger partial charge in [0.25, 0.3) is 0 Å². The van der Waals surface area contributed by atoms with Gasteiger partial charge in [-0.15, -0.1) is 0 Å². The lowest BCUT2D eigenvalue weighted by atomic mass is 9.75. The molecule has 1 aliphatic heterocycles. The monoisotopic (exact) mass is 294 g/mol. The van der Waals surface area contributed by atoms with Gasteiger partial charge in [-0.2, -0.15) is 0 Å².